The number of hydrogen-bond acceptors (Lipinski definition) is 4. The Morgan fingerprint density at radius 1 is 1.16 bits per heavy atom. The van der Waals surface area contributed by atoms with Crippen LogP contribution in [0.25, 0.3) is 10.8 Å². The van der Waals surface area contributed by atoms with Gasteiger partial charge in [-0.25, -0.2) is 8.42 Å². The van der Waals surface area contributed by atoms with E-state index in [1.807, 2.05) is 36.4 Å². The fraction of sp³-hybridized carbons (Fsp3) is 0.312. The monoisotopic (exact) mass is 375 g/mol. The predicted octanol–water partition coefficient (Wildman–Crippen LogP) is 2.75. The maximum atomic E-state index is 12.5. The van der Waals surface area contributed by atoms with Gasteiger partial charge in [0.05, 0.1) is 7.11 Å². The molecule has 136 valence electrons. The molecule has 0 saturated carbocycles. The molecule has 0 aliphatic carbocycles. The van der Waals surface area contributed by atoms with Gasteiger partial charge in [0.1, 0.15) is 6.04 Å². The molecule has 2 rings (SSSR count). The minimum atomic E-state index is -5.64. The quantitative estimate of drug-likeness (QED) is 0.788. The van der Waals surface area contributed by atoms with E-state index in [0.29, 0.717) is 0 Å². The molecule has 25 heavy (non-hydrogen) atoms. The van der Waals surface area contributed by atoms with Crippen molar-refractivity contribution in [1.82, 2.24) is 4.72 Å². The summed E-state index contributed by atoms with van der Waals surface area (Å²) >= 11 is 0. The van der Waals surface area contributed by atoms with Gasteiger partial charge in [-0.05, 0) is 29.2 Å². The van der Waals surface area contributed by atoms with Crippen LogP contribution in [0.1, 0.15) is 12.0 Å². The van der Waals surface area contributed by atoms with Crippen molar-refractivity contribution < 1.29 is 31.1 Å². The van der Waals surface area contributed by atoms with Gasteiger partial charge in [0, 0.05) is 0 Å². The SMILES string of the molecule is COC(=O)[C@H](CCc1ccc2ccccc2c1)NS(=O)(=O)C(F)(F)F. The number of carbonyl (C=O) groups excluding carboxylic acids is 1. The van der Waals surface area contributed by atoms with Crippen molar-refractivity contribution in [2.45, 2.75) is 24.4 Å². The van der Waals surface area contributed by atoms with Gasteiger partial charge in [-0.1, -0.05) is 42.5 Å². The highest BCUT2D eigenvalue weighted by Crippen LogP contribution is 2.23. The normalized spacial score (nSPS) is 13.6. The summed E-state index contributed by atoms with van der Waals surface area (Å²) in [7, 11) is -4.66. The standard InChI is InChI=1S/C16H16F3NO4S/c1-24-15(21)14(20-25(22,23)16(17,18)19)9-7-11-6-8-12-4-2-3-5-13(12)10-11/h2-6,8,10,14,20H,7,9H2,1H3/t14-/m0/s1. The Balaban J connectivity index is 2.15. The van der Waals surface area contributed by atoms with Gasteiger partial charge in [0.15, 0.2) is 0 Å². The number of aryl methyl sites for hydroxylation is 1. The van der Waals surface area contributed by atoms with Gasteiger partial charge in [0.25, 0.3) is 0 Å². The molecule has 0 amide bonds. The van der Waals surface area contributed by atoms with Crippen LogP contribution in [-0.2, 0) is 26.0 Å². The molecule has 9 heteroatoms. The van der Waals surface area contributed by atoms with E-state index >= 15 is 0 Å². The van der Waals surface area contributed by atoms with Crippen LogP contribution >= 0.6 is 0 Å². The number of ether oxygens (including phenoxy) is 1. The summed E-state index contributed by atoms with van der Waals surface area (Å²) in [5.74, 6) is -1.08. The number of fused-ring (bicyclic) bond motifs is 1. The lowest BCUT2D eigenvalue weighted by atomic mass is 10.0. The second-order valence-corrected chi connectivity index (χ2v) is 7.07. The third-order valence-electron chi connectivity index (χ3n) is 3.62. The van der Waals surface area contributed by atoms with Crippen LogP contribution in [-0.4, -0.2) is 33.0 Å². The second kappa shape index (κ2) is 7.40. The Bertz CT molecular complexity index is 865. The Hall–Kier alpha value is -2.13. The van der Waals surface area contributed by atoms with Crippen LogP contribution in [0.3, 0.4) is 0 Å². The first-order chi connectivity index (χ1) is 11.6. The number of sulfonamides is 1. The molecule has 0 spiro atoms. The van der Waals surface area contributed by atoms with Crippen molar-refractivity contribution in [1.29, 1.82) is 0 Å². The number of methoxy groups -OCH3 is 1. The van der Waals surface area contributed by atoms with Crippen LogP contribution in [0.2, 0.25) is 0 Å². The Morgan fingerprint density at radius 3 is 2.40 bits per heavy atom. The lowest BCUT2D eigenvalue weighted by molar-refractivity contribution is -0.142. The molecular weight excluding hydrogens is 359 g/mol. The van der Waals surface area contributed by atoms with Crippen LogP contribution in [0.4, 0.5) is 13.2 Å². The number of halogens is 3. The first-order valence-electron chi connectivity index (χ1n) is 7.28. The highest BCUT2D eigenvalue weighted by molar-refractivity contribution is 7.90. The number of alkyl halides is 3. The minimum absolute atomic E-state index is 0.166. The number of esters is 1. The van der Waals surface area contributed by atoms with E-state index in [-0.39, 0.29) is 12.8 Å². The molecule has 0 fully saturated rings. The maximum Gasteiger partial charge on any atom is 0.511 e. The van der Waals surface area contributed by atoms with Gasteiger partial charge < -0.3 is 4.74 Å². The third kappa shape index (κ3) is 4.70. The molecule has 1 N–H and O–H groups in total. The van der Waals surface area contributed by atoms with E-state index in [2.05, 4.69) is 4.74 Å². The molecule has 0 aliphatic heterocycles. The van der Waals surface area contributed by atoms with E-state index in [1.54, 1.807) is 6.07 Å². The fourth-order valence-corrected chi connectivity index (χ4v) is 3.05. The minimum Gasteiger partial charge on any atom is -0.468 e. The zero-order chi connectivity index (χ0) is 18.7. The topological polar surface area (TPSA) is 72.5 Å². The van der Waals surface area contributed by atoms with Crippen molar-refractivity contribution >= 4 is 26.8 Å². The zero-order valence-corrected chi connectivity index (χ0v) is 14.0. The lowest BCUT2D eigenvalue weighted by Crippen LogP contribution is -2.47. The van der Waals surface area contributed by atoms with Crippen LogP contribution in [0.5, 0.6) is 0 Å². The molecule has 0 saturated heterocycles. The van der Waals surface area contributed by atoms with Crippen molar-refractivity contribution in [3.05, 3.63) is 48.0 Å². The molecule has 0 bridgehead atoms. The Kier molecular flexibility index (Phi) is 5.69. The Labute approximate surface area is 142 Å². The van der Waals surface area contributed by atoms with Crippen molar-refractivity contribution in [3.63, 3.8) is 0 Å². The lowest BCUT2D eigenvalue weighted by Gasteiger charge is -2.17. The number of carbonyl (C=O) groups is 1. The van der Waals surface area contributed by atoms with E-state index in [4.69, 9.17) is 0 Å². The van der Waals surface area contributed by atoms with Gasteiger partial charge >= 0.3 is 21.5 Å². The average molecular weight is 375 g/mol. The summed E-state index contributed by atoms with van der Waals surface area (Å²) < 4.78 is 65.7. The predicted molar refractivity (Wildman–Crippen MR) is 86.2 cm³/mol. The van der Waals surface area contributed by atoms with Crippen molar-refractivity contribution in [3.8, 4) is 0 Å². The first kappa shape index (κ1) is 19.2. The Morgan fingerprint density at radius 2 is 1.80 bits per heavy atom. The van der Waals surface area contributed by atoms with Gasteiger partial charge in [-0.15, -0.1) is 0 Å². The fourth-order valence-electron chi connectivity index (χ4n) is 2.33. The van der Waals surface area contributed by atoms with E-state index in [9.17, 15) is 26.4 Å². The number of benzene rings is 2. The molecular formula is C16H16F3NO4S. The van der Waals surface area contributed by atoms with Gasteiger partial charge in [-0.2, -0.15) is 17.9 Å². The highest BCUT2D eigenvalue weighted by atomic mass is 32.2. The van der Waals surface area contributed by atoms with Crippen LogP contribution < -0.4 is 4.72 Å². The molecule has 0 radical (unpaired) electrons. The molecule has 1 atom stereocenters. The number of rotatable bonds is 6. The molecule has 0 aromatic heterocycles. The van der Waals surface area contributed by atoms with E-state index in [0.717, 1.165) is 23.4 Å². The van der Waals surface area contributed by atoms with Crippen molar-refractivity contribution in [2.24, 2.45) is 0 Å². The smallest absolute Gasteiger partial charge is 0.468 e. The van der Waals surface area contributed by atoms with E-state index in [1.165, 1.54) is 4.72 Å². The van der Waals surface area contributed by atoms with Crippen molar-refractivity contribution in [2.75, 3.05) is 7.11 Å². The molecule has 0 aliphatic rings. The second-order valence-electron chi connectivity index (χ2n) is 5.36. The summed E-state index contributed by atoms with van der Waals surface area (Å²) in [5.41, 5.74) is -4.74. The average Bonchev–Trinajstić information content (AvgIpc) is 2.56. The van der Waals surface area contributed by atoms with E-state index < -0.39 is 27.5 Å². The largest absolute Gasteiger partial charge is 0.511 e. The zero-order valence-electron chi connectivity index (χ0n) is 13.2. The first-order valence-corrected chi connectivity index (χ1v) is 8.76. The summed E-state index contributed by atoms with van der Waals surface area (Å²) in [6.45, 7) is 0. The molecule has 2 aromatic rings. The summed E-state index contributed by atoms with van der Waals surface area (Å²) in [4.78, 5) is 11.6. The molecule has 0 heterocycles. The van der Waals surface area contributed by atoms with Crippen LogP contribution in [0.15, 0.2) is 42.5 Å². The summed E-state index contributed by atoms with van der Waals surface area (Å²) in [6.07, 6.45) is 0.0330. The van der Waals surface area contributed by atoms with Gasteiger partial charge in [0.2, 0.25) is 0 Å². The molecule has 2 aromatic carbocycles. The third-order valence-corrected chi connectivity index (χ3v) is 4.83. The number of nitrogens with one attached hydrogen (secondary N) is 1. The maximum absolute atomic E-state index is 12.5. The molecule has 5 nitrogen and oxygen atoms in total. The highest BCUT2D eigenvalue weighted by Gasteiger charge is 2.47. The van der Waals surface area contributed by atoms with Gasteiger partial charge in [-0.3, -0.25) is 4.79 Å². The summed E-state index contributed by atoms with van der Waals surface area (Å²) in [5, 5.41) is 1.93. The summed E-state index contributed by atoms with van der Waals surface area (Å²) in [6, 6.07) is 11.3. The number of hydrogen-bond donors (Lipinski definition) is 1. The molecule has 0 unspecified atom stereocenters. The van der Waals surface area contributed by atoms with Crippen LogP contribution in [0, 0.1) is 0 Å².